The average Bonchev–Trinajstić information content (AvgIpc) is 2.63. The maximum absolute atomic E-state index is 12.4. The standard InChI is InChI=1S/C19H29N3O2/c20-17-6-4-16(5-7-17)14-18(23)21-15-19(8-2-1-3-9-19)22-10-12-24-13-11-22/h4-7H,1-3,8-15,20H2,(H,21,23). The minimum absolute atomic E-state index is 0.0954. The minimum Gasteiger partial charge on any atom is -0.399 e. The third-order valence-electron chi connectivity index (χ3n) is 5.43. The molecule has 0 radical (unpaired) electrons. The number of nitrogen functional groups attached to an aromatic ring is 1. The number of benzene rings is 1. The molecule has 1 aliphatic heterocycles. The number of anilines is 1. The van der Waals surface area contributed by atoms with Gasteiger partial charge in [0.1, 0.15) is 0 Å². The van der Waals surface area contributed by atoms with Crippen molar-refractivity contribution in [3.05, 3.63) is 29.8 Å². The van der Waals surface area contributed by atoms with Crippen molar-refractivity contribution in [3.8, 4) is 0 Å². The minimum atomic E-state index is 0.0954. The van der Waals surface area contributed by atoms with E-state index in [1.165, 1.54) is 32.1 Å². The molecule has 2 aliphatic rings. The summed E-state index contributed by atoms with van der Waals surface area (Å²) in [7, 11) is 0. The zero-order chi connectivity index (χ0) is 16.8. The van der Waals surface area contributed by atoms with Gasteiger partial charge in [0.15, 0.2) is 0 Å². The molecule has 3 N–H and O–H groups in total. The summed E-state index contributed by atoms with van der Waals surface area (Å²) in [6.45, 7) is 4.32. The molecule has 0 unspecified atom stereocenters. The third-order valence-corrected chi connectivity index (χ3v) is 5.43. The number of nitrogens with two attached hydrogens (primary N) is 1. The fourth-order valence-electron chi connectivity index (χ4n) is 4.00. The number of nitrogens with zero attached hydrogens (tertiary/aromatic N) is 1. The van der Waals surface area contributed by atoms with Gasteiger partial charge in [-0.3, -0.25) is 9.69 Å². The summed E-state index contributed by atoms with van der Waals surface area (Å²) in [4.78, 5) is 14.9. The van der Waals surface area contributed by atoms with Crippen LogP contribution in [0.1, 0.15) is 37.7 Å². The lowest BCUT2D eigenvalue weighted by atomic mass is 9.79. The Morgan fingerprint density at radius 1 is 1.12 bits per heavy atom. The Bertz CT molecular complexity index is 532. The molecule has 1 aromatic carbocycles. The second-order valence-corrected chi connectivity index (χ2v) is 7.08. The van der Waals surface area contributed by atoms with Gasteiger partial charge in [0.25, 0.3) is 0 Å². The van der Waals surface area contributed by atoms with Crippen molar-refractivity contribution >= 4 is 11.6 Å². The van der Waals surface area contributed by atoms with Crippen LogP contribution in [-0.4, -0.2) is 49.2 Å². The zero-order valence-corrected chi connectivity index (χ0v) is 14.4. The van der Waals surface area contributed by atoms with E-state index in [1.54, 1.807) is 0 Å². The average molecular weight is 331 g/mol. The maximum atomic E-state index is 12.4. The molecule has 1 saturated carbocycles. The van der Waals surface area contributed by atoms with Gasteiger partial charge in [0, 0.05) is 30.9 Å². The van der Waals surface area contributed by atoms with Crippen LogP contribution in [0.2, 0.25) is 0 Å². The molecule has 1 amide bonds. The van der Waals surface area contributed by atoms with Crippen LogP contribution in [0.4, 0.5) is 5.69 Å². The van der Waals surface area contributed by atoms with Crippen LogP contribution in [0.25, 0.3) is 0 Å². The Labute approximate surface area is 144 Å². The molecule has 1 aliphatic carbocycles. The van der Waals surface area contributed by atoms with E-state index in [1.807, 2.05) is 24.3 Å². The lowest BCUT2D eigenvalue weighted by Crippen LogP contribution is -2.59. The number of ether oxygens (including phenoxy) is 1. The van der Waals surface area contributed by atoms with E-state index in [0.29, 0.717) is 6.42 Å². The number of carbonyl (C=O) groups excluding carboxylic acids is 1. The van der Waals surface area contributed by atoms with Crippen molar-refractivity contribution < 1.29 is 9.53 Å². The summed E-state index contributed by atoms with van der Waals surface area (Å²) < 4.78 is 5.51. The van der Waals surface area contributed by atoms with Gasteiger partial charge < -0.3 is 15.8 Å². The van der Waals surface area contributed by atoms with E-state index >= 15 is 0 Å². The molecular formula is C19H29N3O2. The largest absolute Gasteiger partial charge is 0.399 e. The molecule has 2 fully saturated rings. The summed E-state index contributed by atoms with van der Waals surface area (Å²) in [5, 5.41) is 3.20. The predicted octanol–water partition coefficient (Wildman–Crippen LogP) is 1.96. The number of hydrogen-bond acceptors (Lipinski definition) is 4. The Hall–Kier alpha value is -1.59. The summed E-state index contributed by atoms with van der Waals surface area (Å²) in [6, 6.07) is 7.54. The van der Waals surface area contributed by atoms with Crippen LogP contribution in [0, 0.1) is 0 Å². The highest BCUT2D eigenvalue weighted by molar-refractivity contribution is 5.78. The topological polar surface area (TPSA) is 67.6 Å². The molecule has 0 aromatic heterocycles. The van der Waals surface area contributed by atoms with E-state index in [2.05, 4.69) is 10.2 Å². The van der Waals surface area contributed by atoms with Gasteiger partial charge in [0.05, 0.1) is 19.6 Å². The van der Waals surface area contributed by atoms with Gasteiger partial charge in [-0.25, -0.2) is 0 Å². The number of morpholine rings is 1. The highest BCUT2D eigenvalue weighted by Crippen LogP contribution is 2.33. The first kappa shape index (κ1) is 17.2. The molecule has 5 nitrogen and oxygen atoms in total. The Morgan fingerprint density at radius 3 is 2.46 bits per heavy atom. The van der Waals surface area contributed by atoms with E-state index in [-0.39, 0.29) is 11.4 Å². The number of hydrogen-bond donors (Lipinski definition) is 2. The Morgan fingerprint density at radius 2 is 1.79 bits per heavy atom. The number of nitrogens with one attached hydrogen (secondary N) is 1. The Balaban J connectivity index is 1.58. The van der Waals surface area contributed by atoms with E-state index in [4.69, 9.17) is 10.5 Å². The SMILES string of the molecule is Nc1ccc(CC(=O)NCC2(N3CCOCC3)CCCCC2)cc1. The van der Waals surface area contributed by atoms with Gasteiger partial charge in [-0.05, 0) is 30.5 Å². The van der Waals surface area contributed by atoms with Gasteiger partial charge in [-0.1, -0.05) is 31.4 Å². The van der Waals surface area contributed by atoms with Gasteiger partial charge >= 0.3 is 0 Å². The molecule has 0 atom stereocenters. The number of amides is 1. The van der Waals surface area contributed by atoms with E-state index < -0.39 is 0 Å². The summed E-state index contributed by atoms with van der Waals surface area (Å²) in [5.74, 6) is 0.0954. The van der Waals surface area contributed by atoms with Crippen molar-refractivity contribution in [3.63, 3.8) is 0 Å². The van der Waals surface area contributed by atoms with Crippen LogP contribution in [-0.2, 0) is 16.0 Å². The highest BCUT2D eigenvalue weighted by atomic mass is 16.5. The van der Waals surface area contributed by atoms with Crippen molar-refractivity contribution in [1.29, 1.82) is 0 Å². The molecule has 1 heterocycles. The summed E-state index contributed by atoms with van der Waals surface area (Å²) in [5.41, 5.74) is 7.56. The highest BCUT2D eigenvalue weighted by Gasteiger charge is 2.38. The molecule has 0 spiro atoms. The lowest BCUT2D eigenvalue weighted by Gasteiger charge is -2.48. The maximum Gasteiger partial charge on any atom is 0.224 e. The van der Waals surface area contributed by atoms with E-state index in [0.717, 1.165) is 44.1 Å². The van der Waals surface area contributed by atoms with Crippen LogP contribution >= 0.6 is 0 Å². The number of rotatable bonds is 5. The molecule has 1 aromatic rings. The van der Waals surface area contributed by atoms with Crippen molar-refractivity contribution in [1.82, 2.24) is 10.2 Å². The fourth-order valence-corrected chi connectivity index (χ4v) is 4.00. The Kier molecular flexibility index (Phi) is 5.74. The van der Waals surface area contributed by atoms with Gasteiger partial charge in [-0.2, -0.15) is 0 Å². The lowest BCUT2D eigenvalue weighted by molar-refractivity contribution is -0.121. The predicted molar refractivity (Wildman–Crippen MR) is 95.8 cm³/mol. The molecule has 1 saturated heterocycles. The quantitative estimate of drug-likeness (QED) is 0.810. The zero-order valence-electron chi connectivity index (χ0n) is 14.4. The van der Waals surface area contributed by atoms with Crippen LogP contribution < -0.4 is 11.1 Å². The summed E-state index contributed by atoms with van der Waals surface area (Å²) >= 11 is 0. The first-order chi connectivity index (χ1) is 11.7. The monoisotopic (exact) mass is 331 g/mol. The summed E-state index contributed by atoms with van der Waals surface area (Å²) in [6.07, 6.45) is 6.59. The molecular weight excluding hydrogens is 302 g/mol. The first-order valence-electron chi connectivity index (χ1n) is 9.12. The molecule has 24 heavy (non-hydrogen) atoms. The van der Waals surface area contributed by atoms with Crippen molar-refractivity contribution in [2.75, 3.05) is 38.6 Å². The van der Waals surface area contributed by atoms with Crippen LogP contribution in [0.5, 0.6) is 0 Å². The smallest absolute Gasteiger partial charge is 0.224 e. The van der Waals surface area contributed by atoms with Crippen molar-refractivity contribution in [2.45, 2.75) is 44.1 Å². The third kappa shape index (κ3) is 4.28. The van der Waals surface area contributed by atoms with Crippen LogP contribution in [0.3, 0.4) is 0 Å². The normalized spacial score (nSPS) is 21.3. The second kappa shape index (κ2) is 7.99. The number of carbonyl (C=O) groups is 1. The second-order valence-electron chi connectivity index (χ2n) is 7.08. The molecule has 132 valence electrons. The van der Waals surface area contributed by atoms with Crippen molar-refractivity contribution in [2.24, 2.45) is 0 Å². The van der Waals surface area contributed by atoms with Crippen LogP contribution in [0.15, 0.2) is 24.3 Å². The van der Waals surface area contributed by atoms with Gasteiger partial charge in [0.2, 0.25) is 5.91 Å². The first-order valence-corrected chi connectivity index (χ1v) is 9.12. The molecule has 5 heteroatoms. The molecule has 3 rings (SSSR count). The van der Waals surface area contributed by atoms with E-state index in [9.17, 15) is 4.79 Å². The molecule has 0 bridgehead atoms. The van der Waals surface area contributed by atoms with Gasteiger partial charge in [-0.15, -0.1) is 0 Å². The fraction of sp³-hybridized carbons (Fsp3) is 0.632.